The number of carbonyl (C=O) groups is 2. The van der Waals surface area contributed by atoms with Gasteiger partial charge in [0.2, 0.25) is 0 Å². The lowest BCUT2D eigenvalue weighted by molar-refractivity contribution is -0.118. The molecule has 4 rings (SSSR count). The number of anilines is 1. The molecule has 1 heterocycles. The Morgan fingerprint density at radius 2 is 1.86 bits per heavy atom. The molecule has 1 aliphatic rings. The van der Waals surface area contributed by atoms with Crippen LogP contribution in [0.15, 0.2) is 76.6 Å². The molecule has 0 saturated carbocycles. The third-order valence-electron chi connectivity index (χ3n) is 4.95. The lowest BCUT2D eigenvalue weighted by atomic mass is 10.2. The molecule has 0 unspecified atom stereocenters. The van der Waals surface area contributed by atoms with E-state index < -0.39 is 0 Å². The van der Waals surface area contributed by atoms with E-state index in [1.807, 2.05) is 74.5 Å². The van der Waals surface area contributed by atoms with E-state index in [9.17, 15) is 9.59 Å². The highest BCUT2D eigenvalue weighted by Crippen LogP contribution is 2.36. The second kappa shape index (κ2) is 12.1. The van der Waals surface area contributed by atoms with Crippen molar-refractivity contribution in [1.29, 1.82) is 0 Å². The second-order valence-electron chi connectivity index (χ2n) is 7.78. The summed E-state index contributed by atoms with van der Waals surface area (Å²) >= 11 is 3.42. The summed E-state index contributed by atoms with van der Waals surface area (Å²) in [4.78, 5) is 29.9. The fraction of sp³-hybridized carbons (Fsp3) is 0.148. The van der Waals surface area contributed by atoms with Crippen LogP contribution in [0.5, 0.6) is 11.5 Å². The molecule has 9 heteroatoms. The Hall–Kier alpha value is -3.31. The molecule has 0 atom stereocenters. The number of ether oxygens (including phenoxy) is 2. The van der Waals surface area contributed by atoms with E-state index in [2.05, 4.69) is 38.2 Å². The number of hydrogen-bond donors (Lipinski definition) is 2. The topological polar surface area (TPSA) is 89.0 Å². The van der Waals surface area contributed by atoms with E-state index in [0.29, 0.717) is 33.9 Å². The molecular formula is C27H24IN3O4S. The van der Waals surface area contributed by atoms with Crippen LogP contribution in [0, 0.1) is 10.5 Å². The van der Waals surface area contributed by atoms with Gasteiger partial charge in [-0.25, -0.2) is 4.99 Å². The van der Waals surface area contributed by atoms with Crippen LogP contribution in [-0.2, 0) is 9.59 Å². The van der Waals surface area contributed by atoms with Crippen molar-refractivity contribution < 1.29 is 19.1 Å². The molecule has 1 aliphatic heterocycles. The average Bonchev–Trinajstić information content (AvgIpc) is 3.19. The lowest BCUT2D eigenvalue weighted by Crippen LogP contribution is -2.20. The van der Waals surface area contributed by atoms with E-state index in [-0.39, 0.29) is 18.4 Å². The normalized spacial score (nSPS) is 15.1. The molecule has 1 fully saturated rings. The average molecular weight is 613 g/mol. The zero-order valence-electron chi connectivity index (χ0n) is 19.7. The summed E-state index contributed by atoms with van der Waals surface area (Å²) in [6.07, 6.45) is 1.79. The summed E-state index contributed by atoms with van der Waals surface area (Å²) in [5.74, 6) is 0.496. The number of para-hydroxylation sites is 1. The quantitative estimate of drug-likeness (QED) is 0.244. The number of carbonyl (C=O) groups excluding carboxylic acids is 2. The molecule has 3 aromatic carbocycles. The highest BCUT2D eigenvalue weighted by Gasteiger charge is 2.24. The van der Waals surface area contributed by atoms with Crippen molar-refractivity contribution in [2.24, 2.45) is 4.99 Å². The van der Waals surface area contributed by atoms with Crippen molar-refractivity contribution in [3.8, 4) is 11.5 Å². The van der Waals surface area contributed by atoms with Gasteiger partial charge < -0.3 is 20.1 Å². The monoisotopic (exact) mass is 613 g/mol. The Balaban J connectivity index is 1.49. The number of nitrogens with zero attached hydrogens (tertiary/aromatic N) is 1. The van der Waals surface area contributed by atoms with Crippen molar-refractivity contribution in [2.75, 3.05) is 18.5 Å². The summed E-state index contributed by atoms with van der Waals surface area (Å²) in [6.45, 7) is 4.14. The first-order chi connectivity index (χ1) is 17.4. The smallest absolute Gasteiger partial charge is 0.264 e. The van der Waals surface area contributed by atoms with Crippen LogP contribution in [-0.4, -0.2) is 30.2 Å². The first kappa shape index (κ1) is 25.8. The third kappa shape index (κ3) is 6.88. The van der Waals surface area contributed by atoms with Gasteiger partial charge in [0.25, 0.3) is 11.8 Å². The summed E-state index contributed by atoms with van der Waals surface area (Å²) in [5.41, 5.74) is 3.39. The van der Waals surface area contributed by atoms with Gasteiger partial charge in [-0.1, -0.05) is 35.9 Å². The van der Waals surface area contributed by atoms with Gasteiger partial charge in [0.1, 0.15) is 0 Å². The van der Waals surface area contributed by atoms with Crippen LogP contribution in [0.2, 0.25) is 0 Å². The van der Waals surface area contributed by atoms with Crippen LogP contribution in [0.1, 0.15) is 18.1 Å². The van der Waals surface area contributed by atoms with Gasteiger partial charge in [0.15, 0.2) is 23.3 Å². The Kier molecular flexibility index (Phi) is 8.65. The Morgan fingerprint density at radius 1 is 1.11 bits per heavy atom. The molecule has 36 heavy (non-hydrogen) atoms. The van der Waals surface area contributed by atoms with Crippen molar-refractivity contribution in [3.05, 3.63) is 86.3 Å². The fourth-order valence-corrected chi connectivity index (χ4v) is 4.92. The van der Waals surface area contributed by atoms with E-state index in [1.165, 1.54) is 11.8 Å². The number of amides is 2. The number of aryl methyl sites for hydroxylation is 1. The van der Waals surface area contributed by atoms with Gasteiger partial charge >= 0.3 is 0 Å². The molecule has 0 bridgehead atoms. The Bertz CT molecular complexity index is 1320. The minimum absolute atomic E-state index is 0.164. The molecule has 0 aromatic heterocycles. The highest BCUT2D eigenvalue weighted by molar-refractivity contribution is 14.1. The summed E-state index contributed by atoms with van der Waals surface area (Å²) in [7, 11) is 0. The number of benzene rings is 3. The van der Waals surface area contributed by atoms with Gasteiger partial charge in [0, 0.05) is 5.69 Å². The lowest BCUT2D eigenvalue weighted by Gasteiger charge is -2.15. The number of halogens is 1. The highest BCUT2D eigenvalue weighted by atomic mass is 127. The first-order valence-corrected chi connectivity index (χ1v) is 13.1. The van der Waals surface area contributed by atoms with Crippen LogP contribution >= 0.6 is 34.4 Å². The van der Waals surface area contributed by atoms with Crippen molar-refractivity contribution in [3.63, 3.8) is 0 Å². The Morgan fingerprint density at radius 3 is 2.58 bits per heavy atom. The van der Waals surface area contributed by atoms with Crippen molar-refractivity contribution in [2.45, 2.75) is 13.8 Å². The van der Waals surface area contributed by atoms with Gasteiger partial charge in [0.05, 0.1) is 20.8 Å². The number of thioether (sulfide) groups is 1. The van der Waals surface area contributed by atoms with E-state index in [4.69, 9.17) is 9.47 Å². The van der Waals surface area contributed by atoms with Crippen LogP contribution in [0.3, 0.4) is 0 Å². The molecule has 0 radical (unpaired) electrons. The zero-order chi connectivity index (χ0) is 25.5. The molecule has 2 N–H and O–H groups in total. The van der Waals surface area contributed by atoms with Crippen LogP contribution in [0.25, 0.3) is 6.08 Å². The molecule has 7 nitrogen and oxygen atoms in total. The summed E-state index contributed by atoms with van der Waals surface area (Å²) in [6, 6.07) is 20.6. The molecule has 184 valence electrons. The number of nitrogens with one attached hydrogen (secondary N) is 2. The molecule has 1 saturated heterocycles. The van der Waals surface area contributed by atoms with Gasteiger partial charge in [-0.15, -0.1) is 0 Å². The maximum absolute atomic E-state index is 12.5. The second-order valence-corrected chi connectivity index (χ2v) is 9.98. The molecule has 3 aromatic rings. The number of rotatable bonds is 8. The number of amidine groups is 1. The van der Waals surface area contributed by atoms with E-state index >= 15 is 0 Å². The predicted molar refractivity (Wildman–Crippen MR) is 153 cm³/mol. The molecule has 0 spiro atoms. The van der Waals surface area contributed by atoms with Gasteiger partial charge in [-0.3, -0.25) is 9.59 Å². The zero-order valence-corrected chi connectivity index (χ0v) is 22.7. The Labute approximate surface area is 227 Å². The predicted octanol–water partition coefficient (Wildman–Crippen LogP) is 5.91. The standard InChI is InChI=1S/C27H24IN3O4S/c1-3-34-22-14-18(13-21(28)25(22)35-16-24(32)29-19-7-5-4-6-8-19)15-23-26(33)31-27(36-23)30-20-11-9-17(2)10-12-20/h4-15H,3,16H2,1-2H3,(H,29,32)(H,30,31,33)/b23-15+. The fourth-order valence-electron chi connectivity index (χ4n) is 3.30. The maximum Gasteiger partial charge on any atom is 0.264 e. The SMILES string of the molecule is CCOc1cc(/C=C2/SC(=Nc3ccc(C)cc3)NC2=O)cc(I)c1OCC(=O)Nc1ccccc1. The number of hydrogen-bond acceptors (Lipinski definition) is 6. The minimum Gasteiger partial charge on any atom is -0.490 e. The van der Waals surface area contributed by atoms with E-state index in [1.54, 1.807) is 12.1 Å². The van der Waals surface area contributed by atoms with Gasteiger partial charge in [-0.2, -0.15) is 0 Å². The number of aliphatic imine (C=N–C) groups is 1. The molecule has 0 aliphatic carbocycles. The molecular weight excluding hydrogens is 589 g/mol. The summed E-state index contributed by atoms with van der Waals surface area (Å²) < 4.78 is 12.4. The third-order valence-corrected chi connectivity index (χ3v) is 6.66. The molecule has 2 amide bonds. The van der Waals surface area contributed by atoms with Gasteiger partial charge in [-0.05, 0) is 96.2 Å². The van der Waals surface area contributed by atoms with Crippen LogP contribution < -0.4 is 20.1 Å². The summed E-state index contributed by atoms with van der Waals surface area (Å²) in [5, 5.41) is 6.13. The maximum atomic E-state index is 12.5. The van der Waals surface area contributed by atoms with Crippen molar-refractivity contribution in [1.82, 2.24) is 5.32 Å². The van der Waals surface area contributed by atoms with Crippen molar-refractivity contribution >= 4 is 68.8 Å². The first-order valence-electron chi connectivity index (χ1n) is 11.2. The largest absolute Gasteiger partial charge is 0.490 e. The van der Waals surface area contributed by atoms with E-state index in [0.717, 1.165) is 20.4 Å². The minimum atomic E-state index is -0.273. The van der Waals surface area contributed by atoms with Crippen LogP contribution in [0.4, 0.5) is 11.4 Å².